The lowest BCUT2D eigenvalue weighted by atomic mass is 9.90. The summed E-state index contributed by atoms with van der Waals surface area (Å²) in [7, 11) is 1.63. The fourth-order valence-corrected chi connectivity index (χ4v) is 1.97. The molecule has 2 atom stereocenters. The first kappa shape index (κ1) is 14.7. The number of nitrogens with two attached hydrogens (primary N) is 1. The molecule has 0 bridgehead atoms. The molecule has 2 N–H and O–H groups in total. The number of rotatable bonds is 5. The molecule has 0 heterocycles. The maximum atomic E-state index is 12.4. The number of hydrogen-bond acceptors (Lipinski definition) is 3. The number of ketones is 1. The van der Waals surface area contributed by atoms with Crippen LogP contribution in [-0.4, -0.2) is 18.9 Å². The molecule has 0 radical (unpaired) electrons. The first-order valence-corrected chi connectivity index (χ1v) is 6.37. The van der Waals surface area contributed by atoms with Crippen molar-refractivity contribution < 1.29 is 9.53 Å². The molecular weight excluding hydrogens is 226 g/mol. The Morgan fingerprint density at radius 1 is 1.33 bits per heavy atom. The third-order valence-corrected chi connectivity index (χ3v) is 3.57. The minimum atomic E-state index is -0.429. The smallest absolute Gasteiger partial charge is 0.180 e. The van der Waals surface area contributed by atoms with Crippen molar-refractivity contribution in [2.45, 2.75) is 40.2 Å². The van der Waals surface area contributed by atoms with Crippen LogP contribution in [0.3, 0.4) is 0 Å². The van der Waals surface area contributed by atoms with Crippen molar-refractivity contribution in [2.24, 2.45) is 11.7 Å². The van der Waals surface area contributed by atoms with Crippen LogP contribution in [0.1, 0.15) is 41.8 Å². The number of carbonyl (C=O) groups excluding carboxylic acids is 1. The minimum Gasteiger partial charge on any atom is -0.496 e. The van der Waals surface area contributed by atoms with Gasteiger partial charge in [0.05, 0.1) is 13.2 Å². The molecule has 0 aliphatic carbocycles. The van der Waals surface area contributed by atoms with Crippen molar-refractivity contribution >= 4 is 5.78 Å². The molecule has 1 aromatic carbocycles. The molecule has 0 saturated heterocycles. The minimum absolute atomic E-state index is 0.0209. The molecule has 0 aliphatic rings. The van der Waals surface area contributed by atoms with E-state index in [4.69, 9.17) is 10.5 Å². The molecule has 3 nitrogen and oxygen atoms in total. The van der Waals surface area contributed by atoms with Gasteiger partial charge in [0.15, 0.2) is 5.78 Å². The molecular formula is C15H23NO2. The van der Waals surface area contributed by atoms with E-state index in [1.54, 1.807) is 7.11 Å². The van der Waals surface area contributed by atoms with Gasteiger partial charge in [0.1, 0.15) is 5.75 Å². The quantitative estimate of drug-likeness (QED) is 0.816. The van der Waals surface area contributed by atoms with E-state index in [2.05, 4.69) is 0 Å². The van der Waals surface area contributed by atoms with Crippen LogP contribution in [0.25, 0.3) is 0 Å². The van der Waals surface area contributed by atoms with Gasteiger partial charge < -0.3 is 10.5 Å². The van der Waals surface area contributed by atoms with Gasteiger partial charge in [0.2, 0.25) is 0 Å². The molecule has 18 heavy (non-hydrogen) atoms. The van der Waals surface area contributed by atoms with Crippen molar-refractivity contribution in [2.75, 3.05) is 7.11 Å². The van der Waals surface area contributed by atoms with E-state index in [1.165, 1.54) is 0 Å². The molecule has 0 spiro atoms. The second-order valence-electron chi connectivity index (χ2n) is 4.91. The summed E-state index contributed by atoms with van der Waals surface area (Å²) in [5.74, 6) is 1.02. The van der Waals surface area contributed by atoms with E-state index in [9.17, 15) is 4.79 Å². The Morgan fingerprint density at radius 3 is 2.44 bits per heavy atom. The molecule has 1 aromatic rings. The fraction of sp³-hybridized carbons (Fsp3) is 0.533. The van der Waals surface area contributed by atoms with E-state index >= 15 is 0 Å². The standard InChI is InChI=1S/C15H23NO2/c1-6-9(2)14(16)15(17)12-7-11(4)13(18-5)8-10(12)3/h7-9,14H,6,16H2,1-5H3. The van der Waals surface area contributed by atoms with Crippen molar-refractivity contribution in [1.82, 2.24) is 0 Å². The van der Waals surface area contributed by atoms with Crippen LogP contribution in [-0.2, 0) is 0 Å². The molecule has 0 aromatic heterocycles. The van der Waals surface area contributed by atoms with Crippen molar-refractivity contribution in [3.63, 3.8) is 0 Å². The van der Waals surface area contributed by atoms with Crippen LogP contribution in [0.5, 0.6) is 5.75 Å². The van der Waals surface area contributed by atoms with Gasteiger partial charge in [0, 0.05) is 5.56 Å². The average molecular weight is 249 g/mol. The highest BCUT2D eigenvalue weighted by molar-refractivity contribution is 6.01. The summed E-state index contributed by atoms with van der Waals surface area (Å²) in [6.45, 7) is 7.90. The highest BCUT2D eigenvalue weighted by atomic mass is 16.5. The van der Waals surface area contributed by atoms with Gasteiger partial charge in [-0.15, -0.1) is 0 Å². The molecule has 2 unspecified atom stereocenters. The Morgan fingerprint density at radius 2 is 1.94 bits per heavy atom. The molecule has 1 rings (SSSR count). The topological polar surface area (TPSA) is 52.3 Å². The molecule has 0 fully saturated rings. The van der Waals surface area contributed by atoms with Gasteiger partial charge in [-0.3, -0.25) is 4.79 Å². The Labute approximate surface area is 109 Å². The number of ether oxygens (including phenoxy) is 1. The SMILES string of the molecule is CCC(C)C(N)C(=O)c1cc(C)c(OC)cc1C. The van der Waals surface area contributed by atoms with Crippen LogP contribution in [0.2, 0.25) is 0 Å². The van der Waals surface area contributed by atoms with E-state index in [0.29, 0.717) is 5.56 Å². The molecule has 0 amide bonds. The van der Waals surface area contributed by atoms with Crippen molar-refractivity contribution in [1.29, 1.82) is 0 Å². The number of benzene rings is 1. The number of aryl methyl sites for hydroxylation is 2. The third kappa shape index (κ3) is 2.91. The second kappa shape index (κ2) is 6.01. The van der Waals surface area contributed by atoms with Crippen LogP contribution in [0.4, 0.5) is 0 Å². The van der Waals surface area contributed by atoms with Crippen LogP contribution < -0.4 is 10.5 Å². The number of hydrogen-bond donors (Lipinski definition) is 1. The van der Waals surface area contributed by atoms with E-state index < -0.39 is 6.04 Å². The Balaban J connectivity index is 3.10. The van der Waals surface area contributed by atoms with Crippen molar-refractivity contribution in [3.05, 3.63) is 28.8 Å². The lowest BCUT2D eigenvalue weighted by Crippen LogP contribution is -2.37. The number of Topliss-reactive ketones (excluding diaryl/α,β-unsaturated/α-hetero) is 1. The largest absolute Gasteiger partial charge is 0.496 e. The summed E-state index contributed by atoms with van der Waals surface area (Å²) in [6.07, 6.45) is 0.904. The summed E-state index contributed by atoms with van der Waals surface area (Å²) in [5.41, 5.74) is 8.60. The first-order valence-electron chi connectivity index (χ1n) is 6.37. The van der Waals surface area contributed by atoms with Gasteiger partial charge in [0.25, 0.3) is 0 Å². The zero-order valence-corrected chi connectivity index (χ0v) is 11.9. The number of methoxy groups -OCH3 is 1. The first-order chi connectivity index (χ1) is 8.42. The molecule has 0 aliphatic heterocycles. The van der Waals surface area contributed by atoms with Gasteiger partial charge in [-0.05, 0) is 43.0 Å². The van der Waals surface area contributed by atoms with Gasteiger partial charge in [-0.2, -0.15) is 0 Å². The van der Waals surface area contributed by atoms with Gasteiger partial charge >= 0.3 is 0 Å². The summed E-state index contributed by atoms with van der Waals surface area (Å²) < 4.78 is 5.25. The summed E-state index contributed by atoms with van der Waals surface area (Å²) in [6, 6.07) is 3.34. The molecule has 0 saturated carbocycles. The summed E-state index contributed by atoms with van der Waals surface area (Å²) in [5, 5.41) is 0. The lowest BCUT2D eigenvalue weighted by Gasteiger charge is -2.19. The second-order valence-corrected chi connectivity index (χ2v) is 4.91. The Kier molecular flexibility index (Phi) is 4.91. The monoisotopic (exact) mass is 249 g/mol. The summed E-state index contributed by atoms with van der Waals surface area (Å²) in [4.78, 5) is 12.4. The predicted octanol–water partition coefficient (Wildman–Crippen LogP) is 2.87. The van der Waals surface area contributed by atoms with Gasteiger partial charge in [-0.1, -0.05) is 20.3 Å². The Bertz CT molecular complexity index is 440. The molecule has 3 heteroatoms. The third-order valence-electron chi connectivity index (χ3n) is 3.57. The normalized spacial score (nSPS) is 14.1. The summed E-state index contributed by atoms with van der Waals surface area (Å²) >= 11 is 0. The zero-order chi connectivity index (χ0) is 13.9. The Hall–Kier alpha value is -1.35. The zero-order valence-electron chi connectivity index (χ0n) is 11.9. The highest BCUT2D eigenvalue weighted by Gasteiger charge is 2.22. The van der Waals surface area contributed by atoms with E-state index in [-0.39, 0.29) is 11.7 Å². The maximum absolute atomic E-state index is 12.4. The highest BCUT2D eigenvalue weighted by Crippen LogP contribution is 2.24. The van der Waals surface area contributed by atoms with Crippen LogP contribution in [0.15, 0.2) is 12.1 Å². The lowest BCUT2D eigenvalue weighted by molar-refractivity contribution is 0.0934. The maximum Gasteiger partial charge on any atom is 0.180 e. The molecule has 100 valence electrons. The average Bonchev–Trinajstić information content (AvgIpc) is 2.38. The van der Waals surface area contributed by atoms with Crippen LogP contribution in [0, 0.1) is 19.8 Å². The van der Waals surface area contributed by atoms with Crippen LogP contribution >= 0.6 is 0 Å². The van der Waals surface area contributed by atoms with E-state index in [0.717, 1.165) is 23.3 Å². The number of carbonyl (C=O) groups is 1. The fourth-order valence-electron chi connectivity index (χ4n) is 1.97. The predicted molar refractivity (Wildman–Crippen MR) is 74.2 cm³/mol. The van der Waals surface area contributed by atoms with Gasteiger partial charge in [-0.25, -0.2) is 0 Å². The van der Waals surface area contributed by atoms with Crippen molar-refractivity contribution in [3.8, 4) is 5.75 Å². The van der Waals surface area contributed by atoms with E-state index in [1.807, 2.05) is 39.8 Å².